The first-order chi connectivity index (χ1) is 7.92. The Labute approximate surface area is 99.5 Å². The zero-order valence-corrected chi connectivity index (χ0v) is 11.0. The number of hydrogen-bond acceptors (Lipinski definition) is 0. The van der Waals surface area contributed by atoms with Crippen LogP contribution in [-0.2, 0) is 0 Å². The molecule has 0 N–H and O–H groups in total. The molecular formula is C15H16Si. The van der Waals surface area contributed by atoms with Crippen molar-refractivity contribution < 1.29 is 0 Å². The Bertz CT molecular complexity index is 416. The molecule has 2 aromatic rings. The molecular weight excluding hydrogens is 208 g/mol. The fourth-order valence-corrected chi connectivity index (χ4v) is 2.72. The van der Waals surface area contributed by atoms with Gasteiger partial charge in [0.2, 0.25) is 0 Å². The molecule has 0 heterocycles. The van der Waals surface area contributed by atoms with Gasteiger partial charge in [0.05, 0.1) is 0 Å². The van der Waals surface area contributed by atoms with Gasteiger partial charge >= 0.3 is 0 Å². The van der Waals surface area contributed by atoms with Gasteiger partial charge in [0, 0.05) is 9.52 Å². The lowest BCUT2D eigenvalue weighted by Crippen LogP contribution is -1.89. The monoisotopic (exact) mass is 224 g/mol. The lowest BCUT2D eigenvalue weighted by atomic mass is 10.00. The highest BCUT2D eigenvalue weighted by molar-refractivity contribution is 6.42. The van der Waals surface area contributed by atoms with E-state index in [1.165, 1.54) is 16.7 Å². The van der Waals surface area contributed by atoms with E-state index in [1.807, 2.05) is 0 Å². The van der Waals surface area contributed by atoms with E-state index < -0.39 is 0 Å². The molecule has 0 aliphatic heterocycles. The molecule has 80 valence electrons. The van der Waals surface area contributed by atoms with Crippen molar-refractivity contribution in [3.8, 4) is 0 Å². The second kappa shape index (κ2) is 5.47. The van der Waals surface area contributed by atoms with E-state index in [0.717, 1.165) is 0 Å². The molecule has 0 unspecified atom stereocenters. The molecule has 1 heteroatoms. The highest BCUT2D eigenvalue weighted by Gasteiger charge is 2.02. The van der Waals surface area contributed by atoms with E-state index in [-0.39, 0.29) is 9.52 Å². The summed E-state index contributed by atoms with van der Waals surface area (Å²) in [6.45, 7) is 2.31. The van der Waals surface area contributed by atoms with Crippen molar-refractivity contribution in [1.82, 2.24) is 0 Å². The third kappa shape index (κ3) is 2.50. The minimum Gasteiger partial charge on any atom is -0.0935 e. The van der Waals surface area contributed by atoms with Crippen molar-refractivity contribution in [2.45, 2.75) is 6.55 Å². The Morgan fingerprint density at radius 2 is 1.25 bits per heavy atom. The molecule has 0 atom stereocenters. The van der Waals surface area contributed by atoms with Gasteiger partial charge in [0.15, 0.2) is 0 Å². The molecule has 2 rings (SSSR count). The number of benzene rings is 2. The predicted molar refractivity (Wildman–Crippen MR) is 74.4 cm³/mol. The summed E-state index contributed by atoms with van der Waals surface area (Å²) in [4.78, 5) is 0. The summed E-state index contributed by atoms with van der Waals surface area (Å²) in [7, 11) is -0.0831. The van der Waals surface area contributed by atoms with Crippen LogP contribution in [0.25, 0.3) is 5.57 Å². The highest BCUT2D eigenvalue weighted by Crippen LogP contribution is 2.22. The molecule has 0 nitrogen and oxygen atoms in total. The average Bonchev–Trinajstić information content (AvgIpc) is 2.38. The summed E-state index contributed by atoms with van der Waals surface area (Å²) in [5.41, 5.74) is 6.45. The highest BCUT2D eigenvalue weighted by atomic mass is 28.2. The summed E-state index contributed by atoms with van der Waals surface area (Å²) in [6.07, 6.45) is 0. The Balaban J connectivity index is 2.44. The van der Waals surface area contributed by atoms with Gasteiger partial charge in [-0.1, -0.05) is 72.9 Å². The molecule has 0 saturated carbocycles. The molecule has 0 spiro atoms. The van der Waals surface area contributed by atoms with Crippen LogP contribution in [0, 0.1) is 0 Å². The van der Waals surface area contributed by atoms with E-state index in [2.05, 4.69) is 72.9 Å². The summed E-state index contributed by atoms with van der Waals surface area (Å²) in [6, 6.07) is 21.3. The zero-order chi connectivity index (χ0) is 11.2. The fraction of sp³-hybridized carbons (Fsp3) is 0.0667. The SMILES string of the molecule is C[SiH2]C=C(c1ccccc1)c1ccccc1. The molecule has 0 bridgehead atoms. The van der Waals surface area contributed by atoms with Crippen LogP contribution < -0.4 is 0 Å². The molecule has 0 amide bonds. The van der Waals surface area contributed by atoms with Gasteiger partial charge in [-0.15, -0.1) is 0 Å². The Morgan fingerprint density at radius 3 is 1.62 bits per heavy atom. The third-order valence-electron chi connectivity index (χ3n) is 2.58. The van der Waals surface area contributed by atoms with Crippen LogP contribution in [0.15, 0.2) is 66.4 Å². The van der Waals surface area contributed by atoms with Gasteiger partial charge in [-0.3, -0.25) is 0 Å². The number of rotatable bonds is 3. The normalized spacial score (nSPS) is 10.6. The maximum Gasteiger partial charge on any atom is 0.0431 e. The van der Waals surface area contributed by atoms with Crippen molar-refractivity contribution in [3.05, 3.63) is 77.5 Å². The van der Waals surface area contributed by atoms with Gasteiger partial charge in [0.1, 0.15) is 0 Å². The third-order valence-corrected chi connectivity index (χ3v) is 3.39. The second-order valence-corrected chi connectivity index (χ2v) is 4.98. The molecule has 0 saturated heterocycles. The summed E-state index contributed by atoms with van der Waals surface area (Å²) in [5.74, 6) is 0. The minimum absolute atomic E-state index is 0.0831. The van der Waals surface area contributed by atoms with Gasteiger partial charge in [-0.2, -0.15) is 0 Å². The maximum atomic E-state index is 2.42. The molecule has 16 heavy (non-hydrogen) atoms. The van der Waals surface area contributed by atoms with E-state index in [9.17, 15) is 0 Å². The van der Waals surface area contributed by atoms with Gasteiger partial charge in [-0.25, -0.2) is 0 Å². The van der Waals surface area contributed by atoms with Crippen LogP contribution in [0.2, 0.25) is 6.55 Å². The first kappa shape index (κ1) is 10.9. The summed E-state index contributed by atoms with van der Waals surface area (Å²) < 4.78 is 0. The molecule has 0 aliphatic rings. The van der Waals surface area contributed by atoms with Crippen molar-refractivity contribution in [1.29, 1.82) is 0 Å². The Hall–Kier alpha value is -1.60. The van der Waals surface area contributed by atoms with Crippen molar-refractivity contribution in [2.75, 3.05) is 0 Å². The first-order valence-corrected chi connectivity index (χ1v) is 7.96. The smallest absolute Gasteiger partial charge is 0.0431 e. The van der Waals surface area contributed by atoms with Crippen LogP contribution in [-0.4, -0.2) is 9.52 Å². The molecule has 0 aliphatic carbocycles. The van der Waals surface area contributed by atoms with E-state index >= 15 is 0 Å². The topological polar surface area (TPSA) is 0 Å². The van der Waals surface area contributed by atoms with E-state index in [1.54, 1.807) is 0 Å². The largest absolute Gasteiger partial charge is 0.0935 e. The predicted octanol–water partition coefficient (Wildman–Crippen LogP) is 3.29. The van der Waals surface area contributed by atoms with Crippen LogP contribution >= 0.6 is 0 Å². The second-order valence-electron chi connectivity index (χ2n) is 3.76. The van der Waals surface area contributed by atoms with Crippen LogP contribution in [0.4, 0.5) is 0 Å². The van der Waals surface area contributed by atoms with Crippen molar-refractivity contribution >= 4 is 15.1 Å². The maximum absolute atomic E-state index is 2.42. The first-order valence-electron chi connectivity index (χ1n) is 5.73. The lowest BCUT2D eigenvalue weighted by molar-refractivity contribution is 1.55. The molecule has 2 aromatic carbocycles. The van der Waals surface area contributed by atoms with Crippen LogP contribution in [0.5, 0.6) is 0 Å². The van der Waals surface area contributed by atoms with Crippen molar-refractivity contribution in [3.63, 3.8) is 0 Å². The van der Waals surface area contributed by atoms with Gasteiger partial charge < -0.3 is 0 Å². The van der Waals surface area contributed by atoms with Crippen LogP contribution in [0.1, 0.15) is 11.1 Å². The Morgan fingerprint density at radius 1 is 0.812 bits per heavy atom. The van der Waals surface area contributed by atoms with Crippen LogP contribution in [0.3, 0.4) is 0 Å². The minimum atomic E-state index is -0.0831. The Kier molecular flexibility index (Phi) is 3.73. The van der Waals surface area contributed by atoms with Crippen molar-refractivity contribution in [2.24, 2.45) is 0 Å². The molecule has 0 radical (unpaired) electrons. The van der Waals surface area contributed by atoms with E-state index in [0.29, 0.717) is 0 Å². The molecule has 0 aromatic heterocycles. The van der Waals surface area contributed by atoms with Gasteiger partial charge in [0.25, 0.3) is 0 Å². The zero-order valence-electron chi connectivity index (χ0n) is 9.56. The average molecular weight is 224 g/mol. The number of hydrogen-bond donors (Lipinski definition) is 0. The van der Waals surface area contributed by atoms with Gasteiger partial charge in [-0.05, 0) is 16.7 Å². The quantitative estimate of drug-likeness (QED) is 0.702. The lowest BCUT2D eigenvalue weighted by Gasteiger charge is -2.07. The van der Waals surface area contributed by atoms with E-state index in [4.69, 9.17) is 0 Å². The summed E-state index contributed by atoms with van der Waals surface area (Å²) in [5, 5.41) is 0. The standard InChI is InChI=1S/C15H16Si/c1-16-12-15(13-8-4-2-5-9-13)14-10-6-3-7-11-14/h2-12H,16H2,1H3. The molecule has 0 fully saturated rings. The fourth-order valence-electron chi connectivity index (χ4n) is 1.84. The summed E-state index contributed by atoms with van der Waals surface area (Å²) >= 11 is 0.